The van der Waals surface area contributed by atoms with Crippen LogP contribution in [0.15, 0.2) is 0 Å². The molecular weight excluding hydrogens is 366 g/mol. The summed E-state index contributed by atoms with van der Waals surface area (Å²) in [6.45, 7) is 15.1. The second-order valence-corrected chi connectivity index (χ2v) is 8.31. The van der Waals surface area contributed by atoms with Crippen LogP contribution in [-0.2, 0) is 23.9 Å². The SMILES string of the molecule is CC(C)OC(=O)[C@H](C)NC(=O)[C@@H](NC(=O)[C@H](C)NC(=O)OC(C)(C)C)C(C)C. The first-order chi connectivity index (χ1) is 12.6. The second kappa shape index (κ2) is 10.9. The monoisotopic (exact) mass is 401 g/mol. The smallest absolute Gasteiger partial charge is 0.408 e. The van der Waals surface area contributed by atoms with Crippen LogP contribution in [0.4, 0.5) is 4.79 Å². The van der Waals surface area contributed by atoms with Gasteiger partial charge in [-0.3, -0.25) is 9.59 Å². The molecule has 28 heavy (non-hydrogen) atoms. The topological polar surface area (TPSA) is 123 Å². The van der Waals surface area contributed by atoms with E-state index in [1.165, 1.54) is 13.8 Å². The minimum Gasteiger partial charge on any atom is -0.461 e. The Morgan fingerprint density at radius 1 is 0.750 bits per heavy atom. The molecule has 0 rings (SSSR count). The highest BCUT2D eigenvalue weighted by Crippen LogP contribution is 2.07. The molecule has 0 heterocycles. The van der Waals surface area contributed by atoms with E-state index in [4.69, 9.17) is 9.47 Å². The van der Waals surface area contributed by atoms with E-state index in [-0.39, 0.29) is 12.0 Å². The van der Waals surface area contributed by atoms with Crippen molar-refractivity contribution in [2.24, 2.45) is 5.92 Å². The Balaban J connectivity index is 4.87. The van der Waals surface area contributed by atoms with E-state index in [9.17, 15) is 19.2 Å². The molecule has 162 valence electrons. The number of nitrogens with one attached hydrogen (secondary N) is 3. The van der Waals surface area contributed by atoms with E-state index >= 15 is 0 Å². The molecule has 0 aliphatic heterocycles. The second-order valence-electron chi connectivity index (χ2n) is 8.31. The summed E-state index contributed by atoms with van der Waals surface area (Å²) in [6, 6.07) is -2.65. The summed E-state index contributed by atoms with van der Waals surface area (Å²) in [4.78, 5) is 48.5. The van der Waals surface area contributed by atoms with Crippen LogP contribution < -0.4 is 16.0 Å². The molecule has 3 amide bonds. The maximum Gasteiger partial charge on any atom is 0.408 e. The molecule has 0 spiro atoms. The van der Waals surface area contributed by atoms with Gasteiger partial charge in [-0.15, -0.1) is 0 Å². The number of carbonyl (C=O) groups is 4. The van der Waals surface area contributed by atoms with Crippen molar-refractivity contribution in [1.29, 1.82) is 0 Å². The zero-order valence-electron chi connectivity index (χ0n) is 18.3. The third-order valence-corrected chi connectivity index (χ3v) is 3.44. The molecule has 0 unspecified atom stereocenters. The molecule has 0 saturated carbocycles. The third-order valence-electron chi connectivity index (χ3n) is 3.44. The van der Waals surface area contributed by atoms with Crippen LogP contribution in [0.5, 0.6) is 0 Å². The molecule has 0 fully saturated rings. The van der Waals surface area contributed by atoms with Crippen molar-refractivity contribution in [3.8, 4) is 0 Å². The van der Waals surface area contributed by atoms with Crippen LogP contribution in [0.1, 0.15) is 62.3 Å². The van der Waals surface area contributed by atoms with Crippen LogP contribution >= 0.6 is 0 Å². The molecular formula is C19H35N3O6. The summed E-state index contributed by atoms with van der Waals surface area (Å²) in [5, 5.41) is 7.56. The van der Waals surface area contributed by atoms with Crippen LogP contribution in [0.2, 0.25) is 0 Å². The van der Waals surface area contributed by atoms with Crippen LogP contribution in [0.3, 0.4) is 0 Å². The van der Waals surface area contributed by atoms with E-state index in [0.29, 0.717) is 0 Å². The highest BCUT2D eigenvalue weighted by atomic mass is 16.6. The van der Waals surface area contributed by atoms with Gasteiger partial charge in [-0.1, -0.05) is 13.8 Å². The van der Waals surface area contributed by atoms with Crippen molar-refractivity contribution in [2.45, 2.75) is 92.1 Å². The molecule has 0 radical (unpaired) electrons. The van der Waals surface area contributed by atoms with Crippen molar-refractivity contribution in [1.82, 2.24) is 16.0 Å². The van der Waals surface area contributed by atoms with Gasteiger partial charge in [0, 0.05) is 0 Å². The van der Waals surface area contributed by atoms with Crippen molar-refractivity contribution < 1.29 is 28.7 Å². The standard InChI is InChI=1S/C19H35N3O6/c1-10(2)14(16(24)20-13(6)17(25)27-11(3)4)22-15(23)12(5)21-18(26)28-19(7,8)9/h10-14H,1-9H3,(H,20,24)(H,21,26)(H,22,23)/t12-,13-,14-/m0/s1. The highest BCUT2D eigenvalue weighted by Gasteiger charge is 2.30. The Kier molecular flexibility index (Phi) is 9.97. The average molecular weight is 402 g/mol. The van der Waals surface area contributed by atoms with Crippen LogP contribution in [0.25, 0.3) is 0 Å². The van der Waals surface area contributed by atoms with Crippen LogP contribution in [0, 0.1) is 5.92 Å². The van der Waals surface area contributed by atoms with Gasteiger partial charge in [0.2, 0.25) is 11.8 Å². The number of rotatable bonds is 8. The van der Waals surface area contributed by atoms with Gasteiger partial charge in [0.1, 0.15) is 23.7 Å². The minimum absolute atomic E-state index is 0.244. The van der Waals surface area contributed by atoms with Crippen molar-refractivity contribution in [3.05, 3.63) is 0 Å². The highest BCUT2D eigenvalue weighted by molar-refractivity contribution is 5.93. The van der Waals surface area contributed by atoms with E-state index in [1.54, 1.807) is 48.5 Å². The van der Waals surface area contributed by atoms with Gasteiger partial charge in [-0.2, -0.15) is 0 Å². The number of carbonyl (C=O) groups excluding carboxylic acids is 4. The number of hydrogen-bond donors (Lipinski definition) is 3. The average Bonchev–Trinajstić information content (AvgIpc) is 2.48. The normalized spacial score (nSPS) is 14.7. The zero-order chi connectivity index (χ0) is 22.2. The summed E-state index contributed by atoms with van der Waals surface area (Å²) in [5.41, 5.74) is -0.693. The Morgan fingerprint density at radius 3 is 1.71 bits per heavy atom. The van der Waals surface area contributed by atoms with Crippen molar-refractivity contribution >= 4 is 23.9 Å². The molecule has 3 N–H and O–H groups in total. The number of amides is 3. The Hall–Kier alpha value is -2.32. The first-order valence-corrected chi connectivity index (χ1v) is 9.44. The lowest BCUT2D eigenvalue weighted by molar-refractivity contribution is -0.151. The zero-order valence-corrected chi connectivity index (χ0v) is 18.3. The fraction of sp³-hybridized carbons (Fsp3) is 0.789. The molecule has 3 atom stereocenters. The van der Waals surface area contributed by atoms with Gasteiger partial charge < -0.3 is 25.4 Å². The molecule has 9 heteroatoms. The van der Waals surface area contributed by atoms with E-state index in [0.717, 1.165) is 0 Å². The number of alkyl carbamates (subject to hydrolysis) is 1. The summed E-state index contributed by atoms with van der Waals surface area (Å²) in [5.74, 6) is -1.86. The van der Waals surface area contributed by atoms with Gasteiger partial charge in [0.05, 0.1) is 6.10 Å². The fourth-order valence-electron chi connectivity index (χ4n) is 2.06. The summed E-state index contributed by atoms with van der Waals surface area (Å²) >= 11 is 0. The molecule has 0 aromatic rings. The van der Waals surface area contributed by atoms with E-state index < -0.39 is 47.6 Å². The first kappa shape index (κ1) is 25.7. The Bertz CT molecular complexity index is 569. The number of hydrogen-bond acceptors (Lipinski definition) is 6. The largest absolute Gasteiger partial charge is 0.461 e. The Morgan fingerprint density at radius 2 is 1.29 bits per heavy atom. The fourth-order valence-corrected chi connectivity index (χ4v) is 2.06. The molecule has 0 aromatic heterocycles. The maximum atomic E-state index is 12.5. The molecule has 0 aromatic carbocycles. The molecule has 0 saturated heterocycles. The predicted octanol–water partition coefficient (Wildman–Crippen LogP) is 1.50. The number of ether oxygens (including phenoxy) is 2. The van der Waals surface area contributed by atoms with Gasteiger partial charge in [0.25, 0.3) is 0 Å². The van der Waals surface area contributed by atoms with Crippen molar-refractivity contribution in [2.75, 3.05) is 0 Å². The van der Waals surface area contributed by atoms with Gasteiger partial charge in [-0.05, 0) is 54.4 Å². The van der Waals surface area contributed by atoms with E-state index in [1.807, 2.05) is 0 Å². The first-order valence-electron chi connectivity index (χ1n) is 9.44. The van der Waals surface area contributed by atoms with Gasteiger partial charge >= 0.3 is 12.1 Å². The lowest BCUT2D eigenvalue weighted by Crippen LogP contribution is -2.56. The summed E-state index contributed by atoms with van der Waals surface area (Å²) < 4.78 is 10.2. The lowest BCUT2D eigenvalue weighted by Gasteiger charge is -2.26. The molecule has 0 aliphatic carbocycles. The Labute approximate surface area is 167 Å². The summed E-state index contributed by atoms with van der Waals surface area (Å²) in [7, 11) is 0. The molecule has 9 nitrogen and oxygen atoms in total. The minimum atomic E-state index is -0.910. The van der Waals surface area contributed by atoms with Crippen molar-refractivity contribution in [3.63, 3.8) is 0 Å². The van der Waals surface area contributed by atoms with Gasteiger partial charge in [0.15, 0.2) is 0 Å². The molecule has 0 aliphatic rings. The summed E-state index contributed by atoms with van der Waals surface area (Å²) in [6.07, 6.45) is -1.03. The number of esters is 1. The predicted molar refractivity (Wildman–Crippen MR) is 104 cm³/mol. The maximum absolute atomic E-state index is 12.5. The quantitative estimate of drug-likeness (QED) is 0.530. The van der Waals surface area contributed by atoms with E-state index in [2.05, 4.69) is 16.0 Å². The van der Waals surface area contributed by atoms with Crippen LogP contribution in [-0.4, -0.2) is 53.7 Å². The lowest BCUT2D eigenvalue weighted by atomic mass is 10.0. The van der Waals surface area contributed by atoms with Gasteiger partial charge in [-0.25, -0.2) is 9.59 Å². The molecule has 0 bridgehead atoms. The third kappa shape index (κ3) is 10.1.